The van der Waals surface area contributed by atoms with Crippen molar-refractivity contribution in [2.24, 2.45) is 0 Å². The molecule has 7 heteroatoms. The van der Waals surface area contributed by atoms with E-state index in [-0.39, 0.29) is 24.1 Å². The molecule has 2 N–H and O–H groups in total. The summed E-state index contributed by atoms with van der Waals surface area (Å²) in [5.74, 6) is -0.133. The Morgan fingerprint density at radius 2 is 2.20 bits per heavy atom. The minimum Gasteiger partial charge on any atom is -0.375 e. The molecule has 136 valence electrons. The van der Waals surface area contributed by atoms with Gasteiger partial charge in [-0.05, 0) is 38.6 Å². The first-order chi connectivity index (χ1) is 12.0. The zero-order chi connectivity index (χ0) is 18.0. The van der Waals surface area contributed by atoms with Crippen LogP contribution in [0.3, 0.4) is 0 Å². The predicted octanol–water partition coefficient (Wildman–Crippen LogP) is 0.974. The van der Waals surface area contributed by atoms with E-state index in [9.17, 15) is 9.59 Å². The highest BCUT2D eigenvalue weighted by Crippen LogP contribution is 2.23. The van der Waals surface area contributed by atoms with Crippen LogP contribution in [-0.4, -0.2) is 68.8 Å². The summed E-state index contributed by atoms with van der Waals surface area (Å²) < 4.78 is 5.74. The molecule has 2 heterocycles. The van der Waals surface area contributed by atoms with Gasteiger partial charge in [0.25, 0.3) is 5.91 Å². The van der Waals surface area contributed by atoms with E-state index in [1.54, 1.807) is 17.0 Å². The third kappa shape index (κ3) is 3.77. The molecule has 2 saturated heterocycles. The molecule has 3 amide bonds. The number of nitrogens with one attached hydrogen (secondary N) is 2. The van der Waals surface area contributed by atoms with Crippen molar-refractivity contribution in [3.05, 3.63) is 29.3 Å². The number of nitrogens with zero attached hydrogens (tertiary/aromatic N) is 2. The molecular formula is C18H26N4O3. The standard InChI is InChI=1S/C18H26N4O3/c1-4-25-16-11-21(3)10-14(16)20-17(23)13-6-5-12(2)15(9-13)22-8-7-19-18(22)24/h5-6,9,14,16H,4,7-8,10-11H2,1-3H3,(H,19,24)(H,20,23)/t14-,16-/m1/s1. The number of rotatable bonds is 5. The van der Waals surface area contributed by atoms with Crippen LogP contribution in [0.1, 0.15) is 22.8 Å². The summed E-state index contributed by atoms with van der Waals surface area (Å²) in [7, 11) is 2.02. The normalized spacial score (nSPS) is 23.8. The van der Waals surface area contributed by atoms with E-state index >= 15 is 0 Å². The quantitative estimate of drug-likeness (QED) is 0.833. The Kier molecular flexibility index (Phi) is 5.24. The molecule has 25 heavy (non-hydrogen) atoms. The number of aryl methyl sites for hydroxylation is 1. The molecule has 0 bridgehead atoms. The fraction of sp³-hybridized carbons (Fsp3) is 0.556. The van der Waals surface area contributed by atoms with Gasteiger partial charge in [0, 0.05) is 44.0 Å². The fourth-order valence-electron chi connectivity index (χ4n) is 3.48. The number of ether oxygens (including phenoxy) is 1. The van der Waals surface area contributed by atoms with Gasteiger partial charge in [-0.3, -0.25) is 9.69 Å². The van der Waals surface area contributed by atoms with Gasteiger partial charge >= 0.3 is 6.03 Å². The zero-order valence-corrected chi connectivity index (χ0v) is 15.0. The van der Waals surface area contributed by atoms with Crippen LogP contribution in [0.15, 0.2) is 18.2 Å². The lowest BCUT2D eigenvalue weighted by molar-refractivity contribution is 0.0513. The van der Waals surface area contributed by atoms with Gasteiger partial charge < -0.3 is 20.3 Å². The molecule has 0 spiro atoms. The number of amides is 3. The summed E-state index contributed by atoms with van der Waals surface area (Å²) in [6.45, 7) is 7.35. The number of hydrogen-bond acceptors (Lipinski definition) is 4. The van der Waals surface area contributed by atoms with Crippen LogP contribution in [0, 0.1) is 6.92 Å². The third-order valence-corrected chi connectivity index (χ3v) is 4.76. The second-order valence-electron chi connectivity index (χ2n) is 6.68. The van der Waals surface area contributed by atoms with E-state index in [0.717, 1.165) is 24.3 Å². The van der Waals surface area contributed by atoms with E-state index in [1.807, 2.05) is 27.0 Å². The van der Waals surface area contributed by atoms with Crippen molar-refractivity contribution in [3.8, 4) is 0 Å². The van der Waals surface area contributed by atoms with Gasteiger partial charge in [0.05, 0.1) is 12.1 Å². The van der Waals surface area contributed by atoms with Crippen LogP contribution < -0.4 is 15.5 Å². The summed E-state index contributed by atoms with van der Waals surface area (Å²) in [5.41, 5.74) is 2.32. The highest BCUT2D eigenvalue weighted by molar-refractivity contribution is 5.99. The van der Waals surface area contributed by atoms with Gasteiger partial charge in [0.1, 0.15) is 0 Å². The predicted molar refractivity (Wildman–Crippen MR) is 96.1 cm³/mol. The summed E-state index contributed by atoms with van der Waals surface area (Å²) >= 11 is 0. The molecule has 0 unspecified atom stereocenters. The van der Waals surface area contributed by atoms with Crippen LogP contribution >= 0.6 is 0 Å². The SMILES string of the molecule is CCO[C@@H]1CN(C)C[C@H]1NC(=O)c1ccc(C)c(N2CCNC2=O)c1. The number of anilines is 1. The molecule has 3 rings (SSSR count). The lowest BCUT2D eigenvalue weighted by Crippen LogP contribution is -2.44. The Morgan fingerprint density at radius 3 is 2.88 bits per heavy atom. The van der Waals surface area contributed by atoms with E-state index < -0.39 is 0 Å². The number of likely N-dealkylation sites (N-methyl/N-ethyl adjacent to an activating group) is 1. The lowest BCUT2D eigenvalue weighted by Gasteiger charge is -2.21. The van der Waals surface area contributed by atoms with Crippen molar-refractivity contribution in [3.63, 3.8) is 0 Å². The van der Waals surface area contributed by atoms with Crippen LogP contribution in [0.2, 0.25) is 0 Å². The lowest BCUT2D eigenvalue weighted by atomic mass is 10.1. The smallest absolute Gasteiger partial charge is 0.322 e. The van der Waals surface area contributed by atoms with Crippen LogP contribution in [0.4, 0.5) is 10.5 Å². The molecule has 0 saturated carbocycles. The summed E-state index contributed by atoms with van der Waals surface area (Å²) in [4.78, 5) is 28.5. The van der Waals surface area contributed by atoms with Crippen molar-refractivity contribution >= 4 is 17.6 Å². The van der Waals surface area contributed by atoms with Crippen molar-refractivity contribution < 1.29 is 14.3 Å². The second-order valence-corrected chi connectivity index (χ2v) is 6.68. The monoisotopic (exact) mass is 346 g/mol. The first kappa shape index (κ1) is 17.7. The van der Waals surface area contributed by atoms with E-state index in [1.165, 1.54) is 0 Å². The molecule has 1 aromatic carbocycles. The second kappa shape index (κ2) is 7.41. The number of likely N-dealkylation sites (tertiary alicyclic amines) is 1. The highest BCUT2D eigenvalue weighted by Gasteiger charge is 2.33. The molecule has 0 radical (unpaired) electrons. The average molecular weight is 346 g/mol. The van der Waals surface area contributed by atoms with Gasteiger partial charge in [-0.2, -0.15) is 0 Å². The van der Waals surface area contributed by atoms with Crippen LogP contribution in [-0.2, 0) is 4.74 Å². The average Bonchev–Trinajstić information content (AvgIpc) is 3.14. The van der Waals surface area contributed by atoms with E-state index in [2.05, 4.69) is 15.5 Å². The zero-order valence-electron chi connectivity index (χ0n) is 15.0. The number of benzene rings is 1. The molecule has 2 fully saturated rings. The molecule has 7 nitrogen and oxygen atoms in total. The van der Waals surface area contributed by atoms with E-state index in [0.29, 0.717) is 25.3 Å². The summed E-state index contributed by atoms with van der Waals surface area (Å²) in [6, 6.07) is 5.34. The summed E-state index contributed by atoms with van der Waals surface area (Å²) in [6.07, 6.45) is 0.00762. The Balaban J connectivity index is 1.75. The largest absolute Gasteiger partial charge is 0.375 e. The van der Waals surface area contributed by atoms with Crippen LogP contribution in [0.25, 0.3) is 0 Å². The first-order valence-electron chi connectivity index (χ1n) is 8.76. The van der Waals surface area contributed by atoms with Gasteiger partial charge in [-0.25, -0.2) is 4.79 Å². The number of hydrogen-bond donors (Lipinski definition) is 2. The van der Waals surface area contributed by atoms with Crippen molar-refractivity contribution in [1.82, 2.24) is 15.5 Å². The van der Waals surface area contributed by atoms with Crippen molar-refractivity contribution in [2.45, 2.75) is 26.0 Å². The highest BCUT2D eigenvalue weighted by atomic mass is 16.5. The maximum Gasteiger partial charge on any atom is 0.322 e. The minimum atomic E-state index is -0.133. The Morgan fingerprint density at radius 1 is 1.40 bits per heavy atom. The van der Waals surface area contributed by atoms with E-state index in [4.69, 9.17) is 4.74 Å². The Labute approximate surface area is 148 Å². The molecular weight excluding hydrogens is 320 g/mol. The Hall–Kier alpha value is -2.12. The molecule has 0 aliphatic carbocycles. The fourth-order valence-corrected chi connectivity index (χ4v) is 3.48. The third-order valence-electron chi connectivity index (χ3n) is 4.76. The van der Waals surface area contributed by atoms with Gasteiger partial charge in [-0.1, -0.05) is 6.07 Å². The summed E-state index contributed by atoms with van der Waals surface area (Å²) in [5, 5.41) is 5.88. The number of carbonyl (C=O) groups is 2. The number of urea groups is 1. The van der Waals surface area contributed by atoms with Gasteiger partial charge in [0.2, 0.25) is 0 Å². The molecule has 0 aromatic heterocycles. The van der Waals surface area contributed by atoms with Gasteiger partial charge in [0.15, 0.2) is 0 Å². The molecule has 2 aliphatic rings. The molecule has 2 atom stereocenters. The van der Waals surface area contributed by atoms with Crippen molar-refractivity contribution in [2.75, 3.05) is 44.7 Å². The topological polar surface area (TPSA) is 73.9 Å². The van der Waals surface area contributed by atoms with Crippen LogP contribution in [0.5, 0.6) is 0 Å². The Bertz CT molecular complexity index is 664. The maximum absolute atomic E-state index is 12.7. The maximum atomic E-state index is 12.7. The van der Waals surface area contributed by atoms with Gasteiger partial charge in [-0.15, -0.1) is 0 Å². The first-order valence-corrected chi connectivity index (χ1v) is 8.76. The number of carbonyl (C=O) groups excluding carboxylic acids is 2. The minimum absolute atomic E-state index is 0.00762. The molecule has 1 aromatic rings. The van der Waals surface area contributed by atoms with Crippen molar-refractivity contribution in [1.29, 1.82) is 0 Å². The molecule has 2 aliphatic heterocycles.